The minimum absolute atomic E-state index is 0.0594. The summed E-state index contributed by atoms with van der Waals surface area (Å²) in [5.41, 5.74) is 2.58. The summed E-state index contributed by atoms with van der Waals surface area (Å²) < 4.78 is 0. The number of hydrogen-bond acceptors (Lipinski definition) is 2. The maximum atomic E-state index is 12.8. The molecule has 0 heterocycles. The Labute approximate surface area is 134 Å². The average molecular weight is 307 g/mol. The quantitative estimate of drug-likeness (QED) is 0.680. The zero-order valence-electron chi connectivity index (χ0n) is 12.6. The first kappa shape index (κ1) is 14.7. The van der Waals surface area contributed by atoms with Crippen molar-refractivity contribution in [3.05, 3.63) is 71.8 Å². The van der Waals surface area contributed by atoms with Crippen molar-refractivity contribution in [2.24, 2.45) is 0 Å². The van der Waals surface area contributed by atoms with Crippen molar-refractivity contribution in [1.29, 1.82) is 0 Å². The van der Waals surface area contributed by atoms with E-state index in [9.17, 15) is 4.79 Å². The zero-order chi connectivity index (χ0) is 15.5. The number of fused-ring (bicyclic) bond motifs is 1. The number of benzene rings is 3. The SMILES string of the molecule is CSc1ccccc1NC(=O)c1c(C)ccc2ccccc12. The second kappa shape index (κ2) is 6.24. The lowest BCUT2D eigenvalue weighted by molar-refractivity contribution is 0.102. The molecular weight excluding hydrogens is 290 g/mol. The standard InChI is InChI=1S/C19H17NOS/c1-13-11-12-14-7-3-4-8-15(14)18(13)19(21)20-16-9-5-6-10-17(16)22-2/h3-12H,1-2H3,(H,20,21). The second-order valence-corrected chi connectivity index (χ2v) is 5.98. The molecule has 0 unspecified atom stereocenters. The third-order valence-corrected chi connectivity index (χ3v) is 4.52. The molecule has 22 heavy (non-hydrogen) atoms. The maximum Gasteiger partial charge on any atom is 0.256 e. The summed E-state index contributed by atoms with van der Waals surface area (Å²) >= 11 is 1.63. The van der Waals surface area contributed by atoms with Crippen LogP contribution in [0, 0.1) is 6.92 Å². The lowest BCUT2D eigenvalue weighted by atomic mass is 9.99. The van der Waals surface area contributed by atoms with E-state index in [2.05, 4.69) is 11.4 Å². The Morgan fingerprint density at radius 1 is 0.955 bits per heavy atom. The van der Waals surface area contributed by atoms with Crippen LogP contribution in [-0.2, 0) is 0 Å². The molecule has 0 bridgehead atoms. The van der Waals surface area contributed by atoms with E-state index in [1.54, 1.807) is 11.8 Å². The molecule has 0 aliphatic heterocycles. The maximum absolute atomic E-state index is 12.8. The lowest BCUT2D eigenvalue weighted by Gasteiger charge is -2.13. The first-order valence-electron chi connectivity index (χ1n) is 7.13. The first-order chi connectivity index (χ1) is 10.7. The molecule has 0 aromatic heterocycles. The molecule has 1 amide bonds. The van der Waals surface area contributed by atoms with Gasteiger partial charge in [0.2, 0.25) is 0 Å². The number of nitrogens with one attached hydrogen (secondary N) is 1. The number of para-hydroxylation sites is 1. The van der Waals surface area contributed by atoms with Gasteiger partial charge in [-0.1, -0.05) is 48.5 Å². The van der Waals surface area contributed by atoms with Crippen LogP contribution in [0.15, 0.2) is 65.6 Å². The normalized spacial score (nSPS) is 10.6. The van der Waals surface area contributed by atoms with Crippen molar-refractivity contribution >= 4 is 34.1 Å². The molecule has 3 aromatic carbocycles. The summed E-state index contributed by atoms with van der Waals surface area (Å²) in [5, 5.41) is 5.12. The third-order valence-electron chi connectivity index (χ3n) is 3.72. The van der Waals surface area contributed by atoms with E-state index >= 15 is 0 Å². The minimum atomic E-state index is -0.0594. The van der Waals surface area contributed by atoms with Crippen LogP contribution in [0.3, 0.4) is 0 Å². The fourth-order valence-corrected chi connectivity index (χ4v) is 3.17. The van der Waals surface area contributed by atoms with Crippen LogP contribution in [0.2, 0.25) is 0 Å². The molecule has 110 valence electrons. The summed E-state index contributed by atoms with van der Waals surface area (Å²) in [6, 6.07) is 19.9. The van der Waals surface area contributed by atoms with Gasteiger partial charge in [0.1, 0.15) is 0 Å². The van der Waals surface area contributed by atoms with Crippen LogP contribution in [0.5, 0.6) is 0 Å². The number of thioether (sulfide) groups is 1. The van der Waals surface area contributed by atoms with E-state index in [0.717, 1.165) is 32.5 Å². The molecule has 3 heteroatoms. The summed E-state index contributed by atoms with van der Waals surface area (Å²) in [7, 11) is 0. The van der Waals surface area contributed by atoms with Gasteiger partial charge < -0.3 is 5.32 Å². The summed E-state index contributed by atoms with van der Waals surface area (Å²) in [5.74, 6) is -0.0594. The molecule has 0 aliphatic rings. The highest BCUT2D eigenvalue weighted by atomic mass is 32.2. The van der Waals surface area contributed by atoms with Gasteiger partial charge in [0.05, 0.1) is 11.3 Å². The number of carbonyl (C=O) groups excluding carboxylic acids is 1. The topological polar surface area (TPSA) is 29.1 Å². The predicted molar refractivity (Wildman–Crippen MR) is 94.9 cm³/mol. The Hall–Kier alpha value is -2.26. The number of aryl methyl sites for hydroxylation is 1. The Bertz CT molecular complexity index is 842. The predicted octanol–water partition coefficient (Wildman–Crippen LogP) is 5.12. The minimum Gasteiger partial charge on any atom is -0.321 e. The van der Waals surface area contributed by atoms with Crippen LogP contribution < -0.4 is 5.32 Å². The van der Waals surface area contributed by atoms with Gasteiger partial charge in [-0.2, -0.15) is 0 Å². The lowest BCUT2D eigenvalue weighted by Crippen LogP contribution is -2.14. The van der Waals surface area contributed by atoms with Crippen LogP contribution in [-0.4, -0.2) is 12.2 Å². The first-order valence-corrected chi connectivity index (χ1v) is 8.36. The van der Waals surface area contributed by atoms with Gasteiger partial charge in [-0.05, 0) is 41.6 Å². The number of carbonyl (C=O) groups is 1. The van der Waals surface area contributed by atoms with Gasteiger partial charge in [-0.25, -0.2) is 0 Å². The van der Waals surface area contributed by atoms with Gasteiger partial charge in [-0.3, -0.25) is 4.79 Å². The van der Waals surface area contributed by atoms with Gasteiger partial charge >= 0.3 is 0 Å². The van der Waals surface area contributed by atoms with Crippen molar-refractivity contribution in [2.45, 2.75) is 11.8 Å². The molecule has 0 fully saturated rings. The van der Waals surface area contributed by atoms with Crippen molar-refractivity contribution in [2.75, 3.05) is 11.6 Å². The van der Waals surface area contributed by atoms with E-state index in [1.807, 2.05) is 67.8 Å². The number of amides is 1. The van der Waals surface area contributed by atoms with Crippen LogP contribution in [0.25, 0.3) is 10.8 Å². The van der Waals surface area contributed by atoms with Gasteiger partial charge in [0.15, 0.2) is 0 Å². The molecule has 0 saturated heterocycles. The molecule has 0 spiro atoms. The highest BCUT2D eigenvalue weighted by Gasteiger charge is 2.14. The van der Waals surface area contributed by atoms with Crippen LogP contribution in [0.4, 0.5) is 5.69 Å². The Morgan fingerprint density at radius 2 is 1.68 bits per heavy atom. The monoisotopic (exact) mass is 307 g/mol. The van der Waals surface area contributed by atoms with Gasteiger partial charge in [0.25, 0.3) is 5.91 Å². The number of hydrogen-bond donors (Lipinski definition) is 1. The Kier molecular flexibility index (Phi) is 4.16. The van der Waals surface area contributed by atoms with Gasteiger partial charge in [0, 0.05) is 4.90 Å². The smallest absolute Gasteiger partial charge is 0.256 e. The molecule has 1 N–H and O–H groups in total. The molecule has 3 aromatic rings. The summed E-state index contributed by atoms with van der Waals surface area (Å²) in [6.45, 7) is 1.97. The van der Waals surface area contributed by atoms with E-state index in [4.69, 9.17) is 0 Å². The van der Waals surface area contributed by atoms with Crippen LogP contribution >= 0.6 is 11.8 Å². The van der Waals surface area contributed by atoms with E-state index in [0.29, 0.717) is 0 Å². The molecule has 2 nitrogen and oxygen atoms in total. The fourth-order valence-electron chi connectivity index (χ4n) is 2.61. The van der Waals surface area contributed by atoms with Crippen molar-refractivity contribution in [3.63, 3.8) is 0 Å². The summed E-state index contributed by atoms with van der Waals surface area (Å²) in [6.07, 6.45) is 2.01. The average Bonchev–Trinajstić information content (AvgIpc) is 2.55. The molecule has 0 aliphatic carbocycles. The van der Waals surface area contributed by atoms with Crippen molar-refractivity contribution < 1.29 is 4.79 Å². The summed E-state index contributed by atoms with van der Waals surface area (Å²) in [4.78, 5) is 13.9. The highest BCUT2D eigenvalue weighted by Crippen LogP contribution is 2.27. The fraction of sp³-hybridized carbons (Fsp3) is 0.105. The van der Waals surface area contributed by atoms with Crippen molar-refractivity contribution in [3.8, 4) is 0 Å². The van der Waals surface area contributed by atoms with E-state index < -0.39 is 0 Å². The Morgan fingerprint density at radius 3 is 2.50 bits per heavy atom. The highest BCUT2D eigenvalue weighted by molar-refractivity contribution is 7.98. The largest absolute Gasteiger partial charge is 0.321 e. The molecule has 0 atom stereocenters. The second-order valence-electron chi connectivity index (χ2n) is 5.13. The zero-order valence-corrected chi connectivity index (χ0v) is 13.4. The molecule has 0 radical (unpaired) electrons. The Balaban J connectivity index is 2.04. The number of rotatable bonds is 3. The van der Waals surface area contributed by atoms with Crippen LogP contribution in [0.1, 0.15) is 15.9 Å². The molecular formula is C19H17NOS. The van der Waals surface area contributed by atoms with E-state index in [1.165, 1.54) is 0 Å². The molecule has 0 saturated carbocycles. The molecule has 3 rings (SSSR count). The number of anilines is 1. The van der Waals surface area contributed by atoms with Crippen molar-refractivity contribution in [1.82, 2.24) is 0 Å². The third kappa shape index (κ3) is 2.72. The van der Waals surface area contributed by atoms with Gasteiger partial charge in [-0.15, -0.1) is 11.8 Å². The van der Waals surface area contributed by atoms with E-state index in [-0.39, 0.29) is 5.91 Å².